The van der Waals surface area contributed by atoms with Crippen molar-refractivity contribution in [1.29, 1.82) is 0 Å². The predicted octanol–water partition coefficient (Wildman–Crippen LogP) is 5.81. The largest absolute Gasteiger partial charge is 0.322 e. The number of nitrogens with one attached hydrogen (secondary N) is 1. The van der Waals surface area contributed by atoms with E-state index < -0.39 is 11.7 Å². The Morgan fingerprint density at radius 2 is 1.77 bits per heavy atom. The molecule has 0 bridgehead atoms. The molecule has 1 saturated heterocycles. The summed E-state index contributed by atoms with van der Waals surface area (Å²) < 4.78 is 13.8. The van der Waals surface area contributed by atoms with Gasteiger partial charge in [0.05, 0.1) is 11.3 Å². The highest BCUT2D eigenvalue weighted by molar-refractivity contribution is 8.00. The number of thioether (sulfide) groups is 1. The molecular formula is C25H23FN2O2S. The second-order valence-electron chi connectivity index (χ2n) is 7.36. The Morgan fingerprint density at radius 1 is 1.06 bits per heavy atom. The van der Waals surface area contributed by atoms with Gasteiger partial charge in [0.15, 0.2) is 0 Å². The highest BCUT2D eigenvalue weighted by Gasteiger charge is 2.35. The van der Waals surface area contributed by atoms with Crippen LogP contribution in [0, 0.1) is 5.82 Å². The molecule has 158 valence electrons. The van der Waals surface area contributed by atoms with E-state index in [2.05, 4.69) is 18.3 Å². The standard InChI is InChI=1S/C25H23FN2O2S/c1-2-7-17-8-3-6-11-22(17)28-23(29)16-31-25(28)18-12-14-19(15-13-18)27-24(30)20-9-4-5-10-21(20)26/h3-6,8-15,25H,2,7,16H2,1H3,(H,27,30)/t25-/m1/s1. The summed E-state index contributed by atoms with van der Waals surface area (Å²) in [5.74, 6) is -0.530. The van der Waals surface area contributed by atoms with Crippen LogP contribution in [0.5, 0.6) is 0 Å². The molecule has 1 atom stereocenters. The van der Waals surface area contributed by atoms with E-state index in [0.717, 1.165) is 24.1 Å². The van der Waals surface area contributed by atoms with Crippen LogP contribution in [0.3, 0.4) is 0 Å². The molecule has 4 rings (SSSR count). The topological polar surface area (TPSA) is 49.4 Å². The van der Waals surface area contributed by atoms with Gasteiger partial charge in [0.1, 0.15) is 11.2 Å². The Labute approximate surface area is 185 Å². The van der Waals surface area contributed by atoms with Gasteiger partial charge in [-0.15, -0.1) is 11.8 Å². The van der Waals surface area contributed by atoms with Crippen LogP contribution < -0.4 is 10.2 Å². The zero-order valence-electron chi connectivity index (χ0n) is 17.2. The van der Waals surface area contributed by atoms with E-state index in [4.69, 9.17) is 0 Å². The molecule has 4 nitrogen and oxygen atoms in total. The smallest absolute Gasteiger partial charge is 0.258 e. The Morgan fingerprint density at radius 3 is 2.52 bits per heavy atom. The monoisotopic (exact) mass is 434 g/mol. The molecule has 0 saturated carbocycles. The fourth-order valence-electron chi connectivity index (χ4n) is 3.73. The van der Waals surface area contributed by atoms with E-state index in [-0.39, 0.29) is 16.8 Å². The summed E-state index contributed by atoms with van der Waals surface area (Å²) in [5, 5.41) is 2.60. The van der Waals surface area contributed by atoms with Gasteiger partial charge in [-0.3, -0.25) is 14.5 Å². The van der Waals surface area contributed by atoms with Gasteiger partial charge < -0.3 is 5.32 Å². The average Bonchev–Trinajstić information content (AvgIpc) is 3.16. The van der Waals surface area contributed by atoms with Gasteiger partial charge in [-0.2, -0.15) is 0 Å². The van der Waals surface area contributed by atoms with Crippen LogP contribution in [0.2, 0.25) is 0 Å². The highest BCUT2D eigenvalue weighted by Crippen LogP contribution is 2.43. The Bertz CT molecular complexity index is 1100. The average molecular weight is 435 g/mol. The first-order valence-electron chi connectivity index (χ1n) is 10.3. The minimum Gasteiger partial charge on any atom is -0.322 e. The lowest BCUT2D eigenvalue weighted by molar-refractivity contribution is -0.115. The summed E-state index contributed by atoms with van der Waals surface area (Å²) in [5.41, 5.74) is 3.68. The van der Waals surface area contributed by atoms with Crippen molar-refractivity contribution in [3.8, 4) is 0 Å². The maximum atomic E-state index is 13.8. The predicted molar refractivity (Wildman–Crippen MR) is 124 cm³/mol. The van der Waals surface area contributed by atoms with Gasteiger partial charge in [0.25, 0.3) is 5.91 Å². The molecule has 6 heteroatoms. The van der Waals surface area contributed by atoms with Crippen molar-refractivity contribution in [2.45, 2.75) is 25.1 Å². The number of halogens is 1. The maximum Gasteiger partial charge on any atom is 0.258 e. The molecule has 0 radical (unpaired) electrons. The van der Waals surface area contributed by atoms with Crippen LogP contribution in [0.4, 0.5) is 15.8 Å². The third kappa shape index (κ3) is 4.49. The number of aryl methyl sites for hydroxylation is 1. The first-order valence-corrected chi connectivity index (χ1v) is 11.3. The third-order valence-electron chi connectivity index (χ3n) is 5.21. The van der Waals surface area contributed by atoms with Crippen molar-refractivity contribution in [2.75, 3.05) is 16.0 Å². The van der Waals surface area contributed by atoms with E-state index in [1.807, 2.05) is 35.2 Å². The van der Waals surface area contributed by atoms with Crippen molar-refractivity contribution in [3.63, 3.8) is 0 Å². The highest BCUT2D eigenvalue weighted by atomic mass is 32.2. The normalized spacial score (nSPS) is 15.9. The first-order chi connectivity index (χ1) is 15.1. The van der Waals surface area contributed by atoms with Crippen LogP contribution in [0.25, 0.3) is 0 Å². The van der Waals surface area contributed by atoms with Crippen molar-refractivity contribution in [2.24, 2.45) is 0 Å². The fourth-order valence-corrected chi connectivity index (χ4v) is 4.90. The zero-order valence-corrected chi connectivity index (χ0v) is 18.0. The number of carbonyl (C=O) groups excluding carboxylic acids is 2. The summed E-state index contributed by atoms with van der Waals surface area (Å²) in [6.45, 7) is 2.13. The van der Waals surface area contributed by atoms with Crippen LogP contribution in [-0.2, 0) is 11.2 Å². The van der Waals surface area contributed by atoms with Crippen molar-refractivity contribution in [1.82, 2.24) is 0 Å². The molecule has 3 aromatic carbocycles. The molecule has 0 aliphatic carbocycles. The minimum atomic E-state index is -0.557. The second-order valence-corrected chi connectivity index (χ2v) is 8.43. The quantitative estimate of drug-likeness (QED) is 0.533. The van der Waals surface area contributed by atoms with Crippen molar-refractivity contribution < 1.29 is 14.0 Å². The van der Waals surface area contributed by atoms with E-state index in [0.29, 0.717) is 11.4 Å². The van der Waals surface area contributed by atoms with Gasteiger partial charge in [-0.05, 0) is 47.9 Å². The molecule has 0 spiro atoms. The van der Waals surface area contributed by atoms with E-state index in [1.165, 1.54) is 17.7 Å². The molecule has 1 aliphatic heterocycles. The zero-order chi connectivity index (χ0) is 21.8. The van der Waals surface area contributed by atoms with Crippen molar-refractivity contribution >= 4 is 35.0 Å². The Hall–Kier alpha value is -3.12. The summed E-state index contributed by atoms with van der Waals surface area (Å²) >= 11 is 1.59. The number of rotatable bonds is 6. The Balaban J connectivity index is 1.55. The molecule has 0 aromatic heterocycles. The summed E-state index contributed by atoms with van der Waals surface area (Å²) in [6.07, 6.45) is 1.92. The lowest BCUT2D eigenvalue weighted by atomic mass is 10.1. The molecular weight excluding hydrogens is 411 g/mol. The van der Waals surface area contributed by atoms with E-state index in [9.17, 15) is 14.0 Å². The number of hydrogen-bond acceptors (Lipinski definition) is 3. The van der Waals surface area contributed by atoms with Crippen LogP contribution in [0.15, 0.2) is 72.8 Å². The molecule has 1 aliphatic rings. The fraction of sp³-hybridized carbons (Fsp3) is 0.200. The minimum absolute atomic E-state index is 0.00206. The lowest BCUT2D eigenvalue weighted by Crippen LogP contribution is -2.28. The molecule has 1 heterocycles. The number of nitrogens with zero attached hydrogens (tertiary/aromatic N) is 1. The Kier molecular flexibility index (Phi) is 6.37. The summed E-state index contributed by atoms with van der Waals surface area (Å²) in [4.78, 5) is 27.0. The summed E-state index contributed by atoms with van der Waals surface area (Å²) in [6, 6.07) is 21.3. The number of amides is 2. The van der Waals surface area contributed by atoms with Gasteiger partial charge in [0.2, 0.25) is 5.91 Å². The molecule has 1 N–H and O–H groups in total. The number of anilines is 2. The van der Waals surface area contributed by atoms with Crippen LogP contribution in [-0.4, -0.2) is 17.6 Å². The maximum absolute atomic E-state index is 13.8. The van der Waals surface area contributed by atoms with Crippen LogP contribution in [0.1, 0.15) is 40.2 Å². The molecule has 2 amide bonds. The summed E-state index contributed by atoms with van der Waals surface area (Å²) in [7, 11) is 0. The van der Waals surface area contributed by atoms with Crippen molar-refractivity contribution in [3.05, 3.63) is 95.3 Å². The lowest BCUT2D eigenvalue weighted by Gasteiger charge is -2.26. The number of hydrogen-bond donors (Lipinski definition) is 1. The van der Waals surface area contributed by atoms with E-state index >= 15 is 0 Å². The molecule has 31 heavy (non-hydrogen) atoms. The molecule has 0 unspecified atom stereocenters. The SMILES string of the molecule is CCCc1ccccc1N1C(=O)CS[C@@H]1c1ccc(NC(=O)c2ccccc2F)cc1. The second kappa shape index (κ2) is 9.35. The number of carbonyl (C=O) groups is 2. The van der Waals surface area contributed by atoms with E-state index in [1.54, 1.807) is 36.0 Å². The van der Waals surface area contributed by atoms with Gasteiger partial charge in [0, 0.05) is 11.4 Å². The van der Waals surface area contributed by atoms with Gasteiger partial charge in [-0.25, -0.2) is 4.39 Å². The van der Waals surface area contributed by atoms with Gasteiger partial charge in [-0.1, -0.05) is 55.8 Å². The molecule has 1 fully saturated rings. The third-order valence-corrected chi connectivity index (χ3v) is 6.42. The first kappa shape index (κ1) is 21.1. The molecule has 3 aromatic rings. The number of para-hydroxylation sites is 1. The number of benzene rings is 3. The van der Waals surface area contributed by atoms with Gasteiger partial charge >= 0.3 is 0 Å². The van der Waals surface area contributed by atoms with Crippen LogP contribution >= 0.6 is 11.8 Å².